The number of aromatic amines is 2. The number of fused-ring (bicyclic) bond motifs is 11. The minimum atomic E-state index is -0.695. The van der Waals surface area contributed by atoms with Crippen molar-refractivity contribution < 1.29 is 39.1 Å². The molecule has 12 nitrogen and oxygen atoms in total. The average Bonchev–Trinajstić information content (AvgIpc) is 3.82. The van der Waals surface area contributed by atoms with Crippen LogP contribution in [0.3, 0.4) is 0 Å². The van der Waals surface area contributed by atoms with E-state index >= 15 is 0 Å². The van der Waals surface area contributed by atoms with Gasteiger partial charge in [0.25, 0.3) is 0 Å². The van der Waals surface area contributed by atoms with Gasteiger partial charge in [0, 0.05) is 57.4 Å². The van der Waals surface area contributed by atoms with Crippen LogP contribution in [-0.4, -0.2) is 75.6 Å². The van der Waals surface area contributed by atoms with Crippen molar-refractivity contribution >= 4 is 56.8 Å². The highest BCUT2D eigenvalue weighted by molar-refractivity contribution is 5.96. The Morgan fingerprint density at radius 2 is 1.65 bits per heavy atom. The molecule has 288 valence electrons. The first-order valence-corrected chi connectivity index (χ1v) is 18.3. The summed E-state index contributed by atoms with van der Waals surface area (Å²) < 4.78 is 10.4. The Balaban J connectivity index is 1.68. The number of allylic oxidation sites excluding steroid dienone is 6. The van der Waals surface area contributed by atoms with Gasteiger partial charge in [0.05, 0.1) is 43.1 Å². The number of nitrogens with zero attached hydrogens (tertiary/aromatic N) is 2. The van der Waals surface area contributed by atoms with E-state index in [2.05, 4.69) is 36.1 Å². The number of aryl methyl sites for hydroxylation is 2. The first kappa shape index (κ1) is 39.1. The molecule has 0 saturated heterocycles. The fraction of sp³-hybridized carbons (Fsp3) is 0.349. The van der Waals surface area contributed by atoms with Gasteiger partial charge >= 0.3 is 11.9 Å². The molecule has 2 unspecified atom stereocenters. The van der Waals surface area contributed by atoms with Crippen molar-refractivity contribution in [2.45, 2.75) is 59.3 Å². The van der Waals surface area contributed by atoms with Crippen molar-refractivity contribution in [3.8, 4) is 0 Å². The molecule has 3 aromatic heterocycles. The lowest BCUT2D eigenvalue weighted by Crippen LogP contribution is -2.34. The van der Waals surface area contributed by atoms with Gasteiger partial charge in [-0.3, -0.25) is 9.78 Å². The summed E-state index contributed by atoms with van der Waals surface area (Å²) in [6.07, 6.45) is 6.33. The molecule has 1 aliphatic carbocycles. The lowest BCUT2D eigenvalue weighted by Gasteiger charge is -2.36. The third-order valence-electron chi connectivity index (χ3n) is 11.0. The van der Waals surface area contributed by atoms with Crippen molar-refractivity contribution in [3.05, 3.63) is 106 Å². The van der Waals surface area contributed by atoms with Crippen LogP contribution in [0, 0.1) is 19.8 Å². The molecule has 6 rings (SSSR count). The Morgan fingerprint density at radius 1 is 0.927 bits per heavy atom. The average molecular weight is 749 g/mol. The highest BCUT2D eigenvalue weighted by atomic mass is 17.2. The molecule has 12 heteroatoms. The molecule has 5 heterocycles. The van der Waals surface area contributed by atoms with E-state index in [1.807, 2.05) is 64.1 Å². The van der Waals surface area contributed by atoms with Gasteiger partial charge in [0.1, 0.15) is 19.0 Å². The first-order valence-electron chi connectivity index (χ1n) is 18.3. The van der Waals surface area contributed by atoms with E-state index in [4.69, 9.17) is 29.2 Å². The molecule has 55 heavy (non-hydrogen) atoms. The van der Waals surface area contributed by atoms with Crippen LogP contribution in [-0.2, 0) is 40.7 Å². The Hall–Kier alpha value is -5.56. The molecule has 0 amide bonds. The fourth-order valence-corrected chi connectivity index (χ4v) is 7.65. The zero-order chi connectivity index (χ0) is 39.6. The monoisotopic (exact) mass is 748 g/mol. The van der Waals surface area contributed by atoms with Crippen LogP contribution in [0.25, 0.3) is 44.9 Å². The fourth-order valence-electron chi connectivity index (χ4n) is 7.65. The summed E-state index contributed by atoms with van der Waals surface area (Å²) in [6, 6.07) is 8.03. The van der Waals surface area contributed by atoms with Gasteiger partial charge in [0.15, 0.2) is 0 Å². The van der Waals surface area contributed by atoms with E-state index in [0.29, 0.717) is 41.3 Å². The molecule has 8 bridgehead atoms. The minimum absolute atomic E-state index is 0.00244. The van der Waals surface area contributed by atoms with Crippen LogP contribution in [0.2, 0.25) is 0 Å². The van der Waals surface area contributed by atoms with Crippen LogP contribution >= 0.6 is 0 Å². The standard InChI is InChI=1S/C43H48N4O8/c1-9-28-24(3)33-19-34-26(5)31(18-23(2)55-54-17-15-49)37(45-34)21-36-29(11-13-41(50)53-16-14-48)25(4)35(44-36)20-39-32-12-10-30(42(51)52-8)27(6)43(32,7)40(47-39)22-38(28)46-33/h9-10,12,19-22,27,45-46,48-49H,1-2,11,13-18H2,3-8H3. The van der Waals surface area contributed by atoms with Gasteiger partial charge in [-0.1, -0.05) is 38.3 Å². The van der Waals surface area contributed by atoms with Crippen molar-refractivity contribution in [2.24, 2.45) is 5.92 Å². The summed E-state index contributed by atoms with van der Waals surface area (Å²) in [5, 5.41) is 18.4. The van der Waals surface area contributed by atoms with E-state index in [1.165, 1.54) is 7.11 Å². The van der Waals surface area contributed by atoms with E-state index in [1.54, 1.807) is 0 Å². The molecule has 2 aliphatic heterocycles. The van der Waals surface area contributed by atoms with Crippen molar-refractivity contribution in [3.63, 3.8) is 0 Å². The van der Waals surface area contributed by atoms with E-state index in [-0.39, 0.29) is 44.7 Å². The maximum Gasteiger partial charge on any atom is 0.334 e. The van der Waals surface area contributed by atoms with Crippen LogP contribution in [0.4, 0.5) is 0 Å². The van der Waals surface area contributed by atoms with Gasteiger partial charge in [-0.15, -0.1) is 0 Å². The lowest BCUT2D eigenvalue weighted by atomic mass is 9.65. The van der Waals surface area contributed by atoms with Crippen molar-refractivity contribution in [2.75, 3.05) is 33.5 Å². The highest BCUT2D eigenvalue weighted by Crippen LogP contribution is 2.52. The third kappa shape index (κ3) is 7.32. The third-order valence-corrected chi connectivity index (χ3v) is 11.0. The highest BCUT2D eigenvalue weighted by Gasteiger charge is 2.47. The largest absolute Gasteiger partial charge is 0.466 e. The van der Waals surface area contributed by atoms with Crippen LogP contribution < -0.4 is 0 Å². The number of carbonyl (C=O) groups excluding carboxylic acids is 2. The minimum Gasteiger partial charge on any atom is -0.466 e. The number of esters is 2. The molecule has 0 saturated carbocycles. The molecular weight excluding hydrogens is 700 g/mol. The second-order valence-electron chi connectivity index (χ2n) is 14.1. The Morgan fingerprint density at radius 3 is 2.36 bits per heavy atom. The molecule has 3 aromatic rings. The normalized spacial score (nSPS) is 17.6. The number of methoxy groups -OCH3 is 1. The SMILES string of the molecule is C=Cc1c(C)c2cc3[nH]c(cc4nc(cc5nc(cc1[nH]2)C1(C)C5=CC=C(C(=O)OC)C1C)C(C)=C4CCC(=O)OCCO)c(CC(=C)OOCCO)c3C. The number of H-pyrrole nitrogens is 2. The summed E-state index contributed by atoms with van der Waals surface area (Å²) in [5.74, 6) is -0.734. The number of carbonyl (C=O) groups is 2. The number of nitrogens with one attached hydrogen (secondary N) is 2. The van der Waals surface area contributed by atoms with Gasteiger partial charge < -0.3 is 34.5 Å². The molecule has 3 aliphatic rings. The van der Waals surface area contributed by atoms with Crippen LogP contribution in [0.5, 0.6) is 0 Å². The Bertz CT molecular complexity index is 2340. The van der Waals surface area contributed by atoms with Gasteiger partial charge in [0.2, 0.25) is 0 Å². The van der Waals surface area contributed by atoms with Crippen molar-refractivity contribution in [1.29, 1.82) is 0 Å². The summed E-state index contributed by atoms with van der Waals surface area (Å²) >= 11 is 0. The number of aromatic nitrogens is 4. The molecule has 4 N–H and O–H groups in total. The molecule has 2 atom stereocenters. The second kappa shape index (κ2) is 16.0. The number of hydrogen-bond acceptors (Lipinski definition) is 10. The number of rotatable bonds is 13. The first-order chi connectivity index (χ1) is 26.4. The Kier molecular flexibility index (Phi) is 11.4. The molecule has 0 radical (unpaired) electrons. The topological polar surface area (TPSA) is 169 Å². The van der Waals surface area contributed by atoms with Crippen molar-refractivity contribution in [1.82, 2.24) is 19.9 Å². The zero-order valence-electron chi connectivity index (χ0n) is 32.2. The number of aliphatic hydroxyl groups is 2. The van der Waals surface area contributed by atoms with Crippen LogP contribution in [0.1, 0.15) is 78.6 Å². The quantitative estimate of drug-likeness (QED) is 0.0474. The maximum absolute atomic E-state index is 13.0. The molecule has 0 spiro atoms. The van der Waals surface area contributed by atoms with E-state index < -0.39 is 11.4 Å². The number of aliphatic hydroxyl groups excluding tert-OH is 2. The summed E-state index contributed by atoms with van der Waals surface area (Å²) in [4.78, 5) is 53.8. The molecule has 0 aromatic carbocycles. The molecular formula is C43H48N4O8. The van der Waals surface area contributed by atoms with Crippen LogP contribution in [0.15, 0.2) is 60.9 Å². The second-order valence-corrected chi connectivity index (χ2v) is 14.1. The lowest BCUT2D eigenvalue weighted by molar-refractivity contribution is -0.266. The van der Waals surface area contributed by atoms with E-state index in [9.17, 15) is 19.8 Å². The zero-order valence-corrected chi connectivity index (χ0v) is 32.2. The smallest absolute Gasteiger partial charge is 0.334 e. The molecule has 0 fully saturated rings. The number of hydrogen-bond donors (Lipinski definition) is 4. The maximum atomic E-state index is 13.0. The Labute approximate surface area is 319 Å². The predicted molar refractivity (Wildman–Crippen MR) is 212 cm³/mol. The van der Waals surface area contributed by atoms with E-state index in [0.717, 1.165) is 66.7 Å². The van der Waals surface area contributed by atoms with Gasteiger partial charge in [-0.2, -0.15) is 4.89 Å². The summed E-state index contributed by atoms with van der Waals surface area (Å²) in [6.45, 7) is 17.8. The summed E-state index contributed by atoms with van der Waals surface area (Å²) in [7, 11) is 1.39. The van der Waals surface area contributed by atoms with Gasteiger partial charge in [-0.05, 0) is 91.8 Å². The predicted octanol–water partition coefficient (Wildman–Crippen LogP) is 6.91. The summed E-state index contributed by atoms with van der Waals surface area (Å²) in [5.41, 5.74) is 12.4. The van der Waals surface area contributed by atoms with Gasteiger partial charge in [-0.25, -0.2) is 9.78 Å². The number of ether oxygens (including phenoxy) is 2.